The average Bonchev–Trinajstić information content (AvgIpc) is 2.97. The Hall–Kier alpha value is -2.13. The van der Waals surface area contributed by atoms with E-state index in [1.165, 1.54) is 5.38 Å². The third kappa shape index (κ3) is 4.67. The third-order valence-corrected chi connectivity index (χ3v) is 3.55. The van der Waals surface area contributed by atoms with Crippen molar-refractivity contribution < 1.29 is 27.5 Å². The number of para-hydroxylation sites is 1. The minimum atomic E-state index is -4.47. The van der Waals surface area contributed by atoms with Crippen LogP contribution in [0.3, 0.4) is 0 Å². The molecule has 124 valence electrons. The van der Waals surface area contributed by atoms with Gasteiger partial charge in [-0.05, 0) is 19.1 Å². The number of thiazole rings is 1. The molecule has 0 atom stereocenters. The number of benzene rings is 1. The number of alkyl halides is 3. The first-order valence-corrected chi connectivity index (χ1v) is 7.45. The van der Waals surface area contributed by atoms with E-state index >= 15 is 0 Å². The molecule has 5 nitrogen and oxygen atoms in total. The molecule has 1 heterocycles. The molecule has 0 fully saturated rings. The molecule has 0 aliphatic rings. The van der Waals surface area contributed by atoms with Crippen LogP contribution in [0.25, 0.3) is 0 Å². The number of halogens is 3. The molecule has 0 amide bonds. The van der Waals surface area contributed by atoms with Crippen molar-refractivity contribution in [3.05, 3.63) is 45.9 Å². The Bertz CT molecular complexity index is 673. The predicted molar refractivity (Wildman–Crippen MR) is 77.9 cm³/mol. The maximum absolute atomic E-state index is 12.4. The van der Waals surface area contributed by atoms with Crippen LogP contribution in [0.4, 0.5) is 18.9 Å². The molecular formula is C14H13F3N2O3S. The van der Waals surface area contributed by atoms with Gasteiger partial charge in [0.2, 0.25) is 0 Å². The highest BCUT2D eigenvalue weighted by Gasteiger charge is 2.34. The number of aromatic nitrogens is 1. The Labute approximate surface area is 134 Å². The van der Waals surface area contributed by atoms with E-state index in [-0.39, 0.29) is 24.5 Å². The highest BCUT2D eigenvalue weighted by molar-refractivity contribution is 7.09. The van der Waals surface area contributed by atoms with Gasteiger partial charge in [-0.2, -0.15) is 13.2 Å². The quantitative estimate of drug-likeness (QED) is 0.635. The zero-order valence-electron chi connectivity index (χ0n) is 12.0. The monoisotopic (exact) mass is 346 g/mol. The fraction of sp³-hybridized carbons (Fsp3) is 0.286. The van der Waals surface area contributed by atoms with E-state index in [0.29, 0.717) is 17.0 Å². The Morgan fingerprint density at radius 2 is 2.09 bits per heavy atom. The van der Waals surface area contributed by atoms with Crippen LogP contribution in [0.1, 0.15) is 28.0 Å². The Morgan fingerprint density at radius 3 is 2.74 bits per heavy atom. The number of carbonyl (C=O) groups is 1. The molecule has 0 aliphatic carbocycles. The average molecular weight is 346 g/mol. The number of nitrogens with zero attached hydrogens (tertiary/aromatic N) is 1. The zero-order chi connectivity index (χ0) is 16.9. The van der Waals surface area contributed by atoms with Gasteiger partial charge >= 0.3 is 12.1 Å². The summed E-state index contributed by atoms with van der Waals surface area (Å²) >= 11 is 0.499. The SMILES string of the molecule is CCOC(=O)c1ccccc1NOCc1csc(C(F)(F)F)n1. The molecule has 0 spiro atoms. The number of hydrogen-bond acceptors (Lipinski definition) is 6. The summed E-state index contributed by atoms with van der Waals surface area (Å²) in [6.07, 6.45) is -4.47. The molecule has 2 aromatic rings. The minimum Gasteiger partial charge on any atom is -0.462 e. The number of hydrogen-bond donors (Lipinski definition) is 1. The number of anilines is 1. The Morgan fingerprint density at radius 1 is 1.35 bits per heavy atom. The van der Waals surface area contributed by atoms with Gasteiger partial charge in [-0.25, -0.2) is 9.78 Å². The second kappa shape index (κ2) is 7.42. The molecule has 2 rings (SSSR count). The molecule has 23 heavy (non-hydrogen) atoms. The number of carbonyl (C=O) groups excluding carboxylic acids is 1. The van der Waals surface area contributed by atoms with Crippen molar-refractivity contribution in [1.82, 2.24) is 4.98 Å². The molecule has 9 heteroatoms. The minimum absolute atomic E-state index is 0.142. The molecule has 1 N–H and O–H groups in total. The van der Waals surface area contributed by atoms with E-state index < -0.39 is 17.2 Å². The fourth-order valence-corrected chi connectivity index (χ4v) is 2.32. The van der Waals surface area contributed by atoms with Crippen molar-refractivity contribution >= 4 is 23.0 Å². The van der Waals surface area contributed by atoms with Gasteiger partial charge in [0.1, 0.15) is 6.61 Å². The van der Waals surface area contributed by atoms with Gasteiger partial charge in [-0.1, -0.05) is 12.1 Å². The lowest BCUT2D eigenvalue weighted by Crippen LogP contribution is -2.10. The largest absolute Gasteiger partial charge is 0.462 e. The summed E-state index contributed by atoms with van der Waals surface area (Å²) in [5.41, 5.74) is 3.30. The van der Waals surface area contributed by atoms with Gasteiger partial charge in [0.25, 0.3) is 0 Å². The zero-order valence-corrected chi connectivity index (χ0v) is 12.8. The maximum atomic E-state index is 12.4. The van der Waals surface area contributed by atoms with Crippen molar-refractivity contribution in [2.75, 3.05) is 12.1 Å². The number of nitrogens with one attached hydrogen (secondary N) is 1. The van der Waals surface area contributed by atoms with Crippen LogP contribution >= 0.6 is 11.3 Å². The summed E-state index contributed by atoms with van der Waals surface area (Å²) in [4.78, 5) is 20.3. The molecule has 0 radical (unpaired) electrons. The van der Waals surface area contributed by atoms with Crippen LogP contribution in [-0.2, 0) is 22.4 Å². The van der Waals surface area contributed by atoms with Crippen LogP contribution < -0.4 is 5.48 Å². The van der Waals surface area contributed by atoms with E-state index in [9.17, 15) is 18.0 Å². The molecule has 1 aromatic carbocycles. The van der Waals surface area contributed by atoms with Crippen molar-refractivity contribution in [2.24, 2.45) is 0 Å². The summed E-state index contributed by atoms with van der Waals surface area (Å²) < 4.78 is 42.2. The summed E-state index contributed by atoms with van der Waals surface area (Å²) in [7, 11) is 0. The van der Waals surface area contributed by atoms with Gasteiger partial charge in [0, 0.05) is 5.38 Å². The highest BCUT2D eigenvalue weighted by Crippen LogP contribution is 2.31. The number of ether oxygens (including phenoxy) is 1. The molecule has 0 bridgehead atoms. The maximum Gasteiger partial charge on any atom is 0.443 e. The second-order valence-corrected chi connectivity index (χ2v) is 5.16. The van der Waals surface area contributed by atoms with Crippen molar-refractivity contribution in [3.63, 3.8) is 0 Å². The van der Waals surface area contributed by atoms with Gasteiger partial charge < -0.3 is 4.74 Å². The first-order valence-electron chi connectivity index (χ1n) is 6.57. The topological polar surface area (TPSA) is 60.5 Å². The van der Waals surface area contributed by atoms with Crippen molar-refractivity contribution in [2.45, 2.75) is 19.7 Å². The van der Waals surface area contributed by atoms with E-state index in [1.54, 1.807) is 31.2 Å². The van der Waals surface area contributed by atoms with Crippen LogP contribution in [-0.4, -0.2) is 17.6 Å². The summed E-state index contributed by atoms with van der Waals surface area (Å²) in [5, 5.41) is 0.338. The molecule has 0 aliphatic heterocycles. The number of rotatable bonds is 6. The van der Waals surface area contributed by atoms with Gasteiger partial charge in [-0.3, -0.25) is 10.3 Å². The van der Waals surface area contributed by atoms with Crippen LogP contribution in [0.5, 0.6) is 0 Å². The Balaban J connectivity index is 1.97. The Kier molecular flexibility index (Phi) is 5.56. The van der Waals surface area contributed by atoms with Crippen molar-refractivity contribution in [1.29, 1.82) is 0 Å². The molecule has 0 saturated heterocycles. The molecule has 0 saturated carbocycles. The summed E-state index contributed by atoms with van der Waals surface area (Å²) in [6.45, 7) is 1.74. The van der Waals surface area contributed by atoms with Gasteiger partial charge in [0.05, 0.1) is 23.6 Å². The van der Waals surface area contributed by atoms with E-state index in [0.717, 1.165) is 0 Å². The lowest BCUT2D eigenvalue weighted by Gasteiger charge is -2.10. The standard InChI is InChI=1S/C14H13F3N2O3S/c1-2-21-12(20)10-5-3-4-6-11(10)19-22-7-9-8-23-13(18-9)14(15,16)17/h3-6,8,19H,2,7H2,1H3. The normalized spacial score (nSPS) is 11.3. The molecule has 0 unspecified atom stereocenters. The van der Waals surface area contributed by atoms with Crippen LogP contribution in [0, 0.1) is 0 Å². The first kappa shape index (κ1) is 17.2. The third-order valence-electron chi connectivity index (χ3n) is 2.62. The summed E-state index contributed by atoms with van der Waals surface area (Å²) in [6, 6.07) is 6.48. The van der Waals surface area contributed by atoms with E-state index in [4.69, 9.17) is 9.57 Å². The number of esters is 1. The molecular weight excluding hydrogens is 333 g/mol. The second-order valence-electron chi connectivity index (χ2n) is 4.30. The predicted octanol–water partition coefficient (Wildman–Crippen LogP) is 3.88. The lowest BCUT2D eigenvalue weighted by molar-refractivity contribution is -0.137. The molecule has 1 aromatic heterocycles. The first-order chi connectivity index (χ1) is 10.9. The van der Waals surface area contributed by atoms with Gasteiger partial charge in [0.15, 0.2) is 5.01 Å². The van der Waals surface area contributed by atoms with Crippen LogP contribution in [0.2, 0.25) is 0 Å². The fourth-order valence-electron chi connectivity index (χ4n) is 1.65. The van der Waals surface area contributed by atoms with Crippen molar-refractivity contribution in [3.8, 4) is 0 Å². The smallest absolute Gasteiger partial charge is 0.443 e. The van der Waals surface area contributed by atoms with E-state index in [2.05, 4.69) is 10.5 Å². The van der Waals surface area contributed by atoms with Crippen LogP contribution in [0.15, 0.2) is 29.6 Å². The van der Waals surface area contributed by atoms with E-state index in [1.807, 2.05) is 0 Å². The summed E-state index contributed by atoms with van der Waals surface area (Å²) in [5.74, 6) is -0.521. The van der Waals surface area contributed by atoms with Gasteiger partial charge in [-0.15, -0.1) is 11.3 Å². The highest BCUT2D eigenvalue weighted by atomic mass is 32.1. The lowest BCUT2D eigenvalue weighted by atomic mass is 10.2.